The largest absolute Gasteiger partial charge is 0.405 e. The number of hydrogen-bond acceptors (Lipinski definition) is 4. The van der Waals surface area contributed by atoms with Gasteiger partial charge in [0.2, 0.25) is 5.91 Å². The molecule has 0 aromatic carbocycles. The summed E-state index contributed by atoms with van der Waals surface area (Å²) in [5.41, 5.74) is -2.17. The van der Waals surface area contributed by atoms with Crippen LogP contribution in [0.5, 0.6) is 0 Å². The van der Waals surface area contributed by atoms with E-state index in [2.05, 4.69) is 46.0 Å². The van der Waals surface area contributed by atoms with Gasteiger partial charge in [-0.3, -0.25) is 14.4 Å². The molecule has 2 unspecified atom stereocenters. The molecule has 0 aromatic rings. The summed E-state index contributed by atoms with van der Waals surface area (Å²) >= 11 is 0. The second kappa shape index (κ2) is 10.1. The molecule has 0 aliphatic heterocycles. The average Bonchev–Trinajstić information content (AvgIpc) is 2.86. The Morgan fingerprint density at radius 1 is 1.02 bits per heavy atom. The van der Waals surface area contributed by atoms with Gasteiger partial charge in [-0.2, -0.15) is 18.4 Å². The Morgan fingerprint density at radius 2 is 1.64 bits per heavy atom. The normalized spacial score (nSPS) is 40.3. The molecule has 6 atom stereocenters. The second-order valence-electron chi connectivity index (χ2n) is 15.9. The summed E-state index contributed by atoms with van der Waals surface area (Å²) in [5.74, 6) is -0.957. The molecular formula is C34H47F3N2O3. The lowest BCUT2D eigenvalue weighted by molar-refractivity contribution is -0.161. The van der Waals surface area contributed by atoms with E-state index in [0.29, 0.717) is 25.7 Å². The van der Waals surface area contributed by atoms with Gasteiger partial charge in [0.15, 0.2) is 11.6 Å². The van der Waals surface area contributed by atoms with Gasteiger partial charge in [0, 0.05) is 10.8 Å². The number of alkyl halides is 3. The van der Waals surface area contributed by atoms with Crippen LogP contribution >= 0.6 is 0 Å². The molecule has 232 valence electrons. The van der Waals surface area contributed by atoms with E-state index in [1.807, 2.05) is 13.8 Å². The molecule has 1 amide bonds. The first kappa shape index (κ1) is 32.5. The fraction of sp³-hybridized carbons (Fsp3) is 0.765. The molecule has 0 saturated heterocycles. The molecule has 0 bridgehead atoms. The number of rotatable bonds is 4. The van der Waals surface area contributed by atoms with Gasteiger partial charge in [-0.15, -0.1) is 0 Å². The van der Waals surface area contributed by atoms with Crippen molar-refractivity contribution in [3.05, 3.63) is 23.3 Å². The van der Waals surface area contributed by atoms with Crippen LogP contribution in [-0.4, -0.2) is 30.2 Å². The maximum absolute atomic E-state index is 13.6. The Labute approximate surface area is 248 Å². The Bertz CT molecular complexity index is 1290. The summed E-state index contributed by atoms with van der Waals surface area (Å²) < 4.78 is 39.3. The van der Waals surface area contributed by atoms with Crippen LogP contribution in [0.2, 0.25) is 0 Å². The minimum absolute atomic E-state index is 0.0441. The molecular weight excluding hydrogens is 541 g/mol. The molecule has 3 fully saturated rings. The predicted octanol–water partition coefficient (Wildman–Crippen LogP) is 7.66. The lowest BCUT2D eigenvalue weighted by atomic mass is 9.38. The molecule has 0 radical (unpaired) electrons. The second-order valence-corrected chi connectivity index (χ2v) is 15.9. The zero-order valence-electron chi connectivity index (χ0n) is 26.5. The quantitative estimate of drug-likeness (QED) is 0.342. The number of amides is 1. The summed E-state index contributed by atoms with van der Waals surface area (Å²) in [5, 5.41) is 12.2. The van der Waals surface area contributed by atoms with Gasteiger partial charge in [-0.1, -0.05) is 60.1 Å². The summed E-state index contributed by atoms with van der Waals surface area (Å²) in [6.45, 7) is 14.8. The first-order valence-electron chi connectivity index (χ1n) is 15.3. The molecule has 0 spiro atoms. The van der Waals surface area contributed by atoms with Gasteiger partial charge in [0.05, 0.1) is 11.0 Å². The Hall–Kier alpha value is -2.43. The molecule has 0 heterocycles. The first-order chi connectivity index (χ1) is 19.1. The summed E-state index contributed by atoms with van der Waals surface area (Å²) in [7, 11) is 0. The van der Waals surface area contributed by atoms with E-state index in [0.717, 1.165) is 31.3 Å². The topological polar surface area (TPSA) is 87.0 Å². The third kappa shape index (κ3) is 5.07. The van der Waals surface area contributed by atoms with E-state index in [1.54, 1.807) is 12.2 Å². The summed E-state index contributed by atoms with van der Waals surface area (Å²) in [6, 6.07) is 2.12. The van der Waals surface area contributed by atoms with Crippen LogP contribution in [-0.2, 0) is 14.4 Å². The molecule has 4 aliphatic carbocycles. The van der Waals surface area contributed by atoms with Gasteiger partial charge >= 0.3 is 6.18 Å². The maximum Gasteiger partial charge on any atom is 0.405 e. The van der Waals surface area contributed by atoms with E-state index in [9.17, 15) is 32.8 Å². The average molecular weight is 589 g/mol. The fourth-order valence-electron chi connectivity index (χ4n) is 9.78. The van der Waals surface area contributed by atoms with E-state index < -0.39 is 40.3 Å². The number of fused-ring (bicyclic) bond motifs is 2. The van der Waals surface area contributed by atoms with Gasteiger partial charge in [-0.05, 0) is 92.4 Å². The smallest absolute Gasteiger partial charge is 0.346 e. The van der Waals surface area contributed by atoms with E-state index in [4.69, 9.17) is 0 Å². The first-order valence-corrected chi connectivity index (χ1v) is 15.3. The third-order valence-electron chi connectivity index (χ3n) is 12.3. The number of nitrogens with zero attached hydrogens (tertiary/aromatic N) is 1. The van der Waals surface area contributed by atoms with Crippen LogP contribution < -0.4 is 5.32 Å². The highest BCUT2D eigenvalue weighted by atomic mass is 19.4. The number of carbonyl (C=O) groups is 3. The molecule has 4 rings (SSSR count). The van der Waals surface area contributed by atoms with Gasteiger partial charge in [0.25, 0.3) is 0 Å². The minimum Gasteiger partial charge on any atom is -0.346 e. The number of ketones is 2. The SMILES string of the molecule is CC(=O)/C=C1/[C@@]2(C)C=C(C#N)C(=O)C(C)(C)C2CC[C@@]1(C)[C@]1(C)CC[C@@]2(C(=O)NCC(F)(F)F)CCC(C)(C)CC2C1. The molecule has 1 N–H and O–H groups in total. The zero-order valence-corrected chi connectivity index (χ0v) is 26.5. The number of nitriles is 1. The molecule has 5 nitrogen and oxygen atoms in total. The van der Waals surface area contributed by atoms with E-state index in [-0.39, 0.29) is 39.8 Å². The Balaban J connectivity index is 1.80. The third-order valence-corrected chi connectivity index (χ3v) is 12.3. The number of allylic oxidation sites excluding steroid dienone is 4. The lowest BCUT2D eigenvalue weighted by Gasteiger charge is -2.65. The van der Waals surface area contributed by atoms with Crippen LogP contribution in [0.4, 0.5) is 13.2 Å². The monoisotopic (exact) mass is 588 g/mol. The molecule has 42 heavy (non-hydrogen) atoms. The van der Waals surface area contributed by atoms with Crippen molar-refractivity contribution in [3.8, 4) is 6.07 Å². The van der Waals surface area contributed by atoms with Crippen LogP contribution in [0.15, 0.2) is 23.3 Å². The minimum atomic E-state index is -4.47. The molecule has 0 aromatic heterocycles. The van der Waals surface area contributed by atoms with Gasteiger partial charge in [-0.25, -0.2) is 0 Å². The van der Waals surface area contributed by atoms with Gasteiger partial charge < -0.3 is 5.32 Å². The van der Waals surface area contributed by atoms with Crippen molar-refractivity contribution in [3.63, 3.8) is 0 Å². The predicted molar refractivity (Wildman–Crippen MR) is 155 cm³/mol. The summed E-state index contributed by atoms with van der Waals surface area (Å²) in [6.07, 6.45) is 4.35. The lowest BCUT2D eigenvalue weighted by Crippen LogP contribution is -2.60. The zero-order chi connectivity index (χ0) is 31.7. The van der Waals surface area contributed by atoms with Crippen LogP contribution in [0.3, 0.4) is 0 Å². The highest BCUT2D eigenvalue weighted by molar-refractivity contribution is 6.04. The van der Waals surface area contributed by atoms with Crippen molar-refractivity contribution >= 4 is 17.5 Å². The number of Topliss-reactive ketones (excluding diaryl/α,β-unsaturated/α-hetero) is 1. The van der Waals surface area contributed by atoms with Crippen LogP contribution in [0, 0.1) is 55.7 Å². The van der Waals surface area contributed by atoms with E-state index in [1.165, 1.54) is 6.92 Å². The standard InChI is InChI=1S/C34H47F3N2O3/c1-21(40)15-25-31(7)16-22(19-38)26(41)29(4,5)24(31)9-10-32(25,8)30(6)12-14-33(27(42)39-20-34(35,36)37)13-11-28(2,3)17-23(33)18-30/h15-16,23-24H,9-14,17-18,20H2,1-8H3,(H,39,42)/b25-15-/t23?,24?,30-,31+,32-,33+/m1/s1. The fourth-order valence-corrected chi connectivity index (χ4v) is 9.78. The van der Waals surface area contributed by atoms with Crippen molar-refractivity contribution in [1.82, 2.24) is 5.32 Å². The Kier molecular flexibility index (Phi) is 7.78. The number of hydrogen-bond donors (Lipinski definition) is 1. The van der Waals surface area contributed by atoms with Crippen molar-refractivity contribution in [2.75, 3.05) is 6.54 Å². The number of nitrogens with one attached hydrogen (secondary N) is 1. The van der Waals surface area contributed by atoms with Crippen molar-refractivity contribution in [2.24, 2.45) is 44.3 Å². The molecule has 4 aliphatic rings. The summed E-state index contributed by atoms with van der Waals surface area (Å²) in [4.78, 5) is 39.7. The van der Waals surface area contributed by atoms with E-state index >= 15 is 0 Å². The Morgan fingerprint density at radius 3 is 2.21 bits per heavy atom. The molecule has 3 saturated carbocycles. The highest BCUT2D eigenvalue weighted by Crippen LogP contribution is 2.71. The molecule has 8 heteroatoms. The number of carbonyl (C=O) groups excluding carboxylic acids is 3. The van der Waals surface area contributed by atoms with Crippen molar-refractivity contribution in [1.29, 1.82) is 5.26 Å². The van der Waals surface area contributed by atoms with Crippen LogP contribution in [0.25, 0.3) is 0 Å². The number of halogens is 3. The van der Waals surface area contributed by atoms with Crippen molar-refractivity contribution in [2.45, 2.75) is 113 Å². The maximum atomic E-state index is 13.6. The highest BCUT2D eigenvalue weighted by Gasteiger charge is 2.65. The van der Waals surface area contributed by atoms with Gasteiger partial charge in [0.1, 0.15) is 12.6 Å². The van der Waals surface area contributed by atoms with Crippen molar-refractivity contribution < 1.29 is 27.6 Å². The van der Waals surface area contributed by atoms with Crippen LogP contribution in [0.1, 0.15) is 107 Å².